The van der Waals surface area contributed by atoms with Gasteiger partial charge in [-0.1, -0.05) is 0 Å². The molecule has 2 aromatic rings. The van der Waals surface area contributed by atoms with E-state index in [0.29, 0.717) is 5.69 Å². The Morgan fingerprint density at radius 1 is 1.33 bits per heavy atom. The van der Waals surface area contributed by atoms with Crippen LogP contribution in [-0.2, 0) is 0 Å². The molecule has 0 saturated carbocycles. The van der Waals surface area contributed by atoms with Crippen molar-refractivity contribution in [3.8, 4) is 0 Å². The molecule has 1 heterocycles. The van der Waals surface area contributed by atoms with E-state index in [1.54, 1.807) is 0 Å². The maximum absolute atomic E-state index is 11.1. The Labute approximate surface area is 118 Å². The van der Waals surface area contributed by atoms with Crippen LogP contribution >= 0.6 is 22.6 Å². The van der Waals surface area contributed by atoms with Gasteiger partial charge in [0.15, 0.2) is 0 Å². The van der Waals surface area contributed by atoms with Crippen LogP contribution in [0.15, 0.2) is 36.7 Å². The Kier molecular flexibility index (Phi) is 3.81. The Bertz CT molecular complexity index is 599. The lowest BCUT2D eigenvalue weighted by Gasteiger charge is -2.11. The lowest BCUT2D eigenvalue weighted by molar-refractivity contribution is 0.0698. The van der Waals surface area contributed by atoms with Crippen molar-refractivity contribution in [2.45, 2.75) is 6.92 Å². The first-order valence-corrected chi connectivity index (χ1v) is 6.36. The Morgan fingerprint density at radius 2 is 2.11 bits per heavy atom. The molecule has 0 radical (unpaired) electrons. The second-order valence-corrected chi connectivity index (χ2v) is 5.06. The van der Waals surface area contributed by atoms with Gasteiger partial charge in [0, 0.05) is 15.5 Å². The van der Waals surface area contributed by atoms with Gasteiger partial charge in [0.05, 0.1) is 17.4 Å². The van der Waals surface area contributed by atoms with Gasteiger partial charge in [-0.15, -0.1) is 0 Å². The number of rotatable bonds is 3. The van der Waals surface area contributed by atoms with Crippen molar-refractivity contribution >= 4 is 39.9 Å². The molecule has 0 bridgehead atoms. The minimum atomic E-state index is -0.969. The molecule has 0 atom stereocenters. The summed E-state index contributed by atoms with van der Waals surface area (Å²) in [6.07, 6.45) is 2.98. The number of anilines is 2. The minimum Gasteiger partial charge on any atom is -0.478 e. The van der Waals surface area contributed by atoms with Crippen molar-refractivity contribution < 1.29 is 9.90 Å². The van der Waals surface area contributed by atoms with Gasteiger partial charge < -0.3 is 10.4 Å². The van der Waals surface area contributed by atoms with Crippen molar-refractivity contribution in [1.29, 1.82) is 0 Å². The van der Waals surface area contributed by atoms with Crippen molar-refractivity contribution in [3.05, 3.63) is 51.4 Å². The molecule has 0 amide bonds. The van der Waals surface area contributed by atoms with Crippen molar-refractivity contribution in [2.75, 3.05) is 5.32 Å². The highest BCUT2D eigenvalue weighted by Crippen LogP contribution is 2.24. The van der Waals surface area contributed by atoms with Crippen LogP contribution in [0.1, 0.15) is 15.9 Å². The molecule has 0 unspecified atom stereocenters. The fourth-order valence-corrected chi connectivity index (χ4v) is 2.24. The molecule has 4 nitrogen and oxygen atoms in total. The summed E-state index contributed by atoms with van der Waals surface area (Å²) in [5.74, 6) is -0.969. The summed E-state index contributed by atoms with van der Waals surface area (Å²) in [6, 6.07) is 7.40. The van der Waals surface area contributed by atoms with Crippen LogP contribution < -0.4 is 5.32 Å². The number of carboxylic acid groups (broad SMARTS) is 1. The largest absolute Gasteiger partial charge is 0.478 e. The van der Waals surface area contributed by atoms with E-state index in [1.807, 2.05) is 25.1 Å². The number of nitrogens with one attached hydrogen (secondary N) is 1. The zero-order chi connectivity index (χ0) is 13.1. The molecule has 18 heavy (non-hydrogen) atoms. The summed E-state index contributed by atoms with van der Waals surface area (Å²) in [5.41, 5.74) is 2.64. The summed E-state index contributed by atoms with van der Waals surface area (Å²) in [7, 11) is 0. The van der Waals surface area contributed by atoms with E-state index < -0.39 is 5.97 Å². The highest BCUT2D eigenvalue weighted by molar-refractivity contribution is 14.1. The van der Waals surface area contributed by atoms with Crippen molar-refractivity contribution in [3.63, 3.8) is 0 Å². The first-order valence-electron chi connectivity index (χ1n) is 5.28. The van der Waals surface area contributed by atoms with E-state index in [-0.39, 0.29) is 5.56 Å². The molecular formula is C13H11IN2O2. The molecule has 92 valence electrons. The number of benzene rings is 1. The van der Waals surface area contributed by atoms with Crippen LogP contribution in [0, 0.1) is 10.5 Å². The first kappa shape index (κ1) is 12.8. The number of aromatic carboxylic acids is 1. The second kappa shape index (κ2) is 5.34. The van der Waals surface area contributed by atoms with Crippen molar-refractivity contribution in [2.24, 2.45) is 0 Å². The molecule has 2 rings (SSSR count). The van der Waals surface area contributed by atoms with E-state index >= 15 is 0 Å². The first-order chi connectivity index (χ1) is 8.58. The summed E-state index contributed by atoms with van der Waals surface area (Å²) >= 11 is 2.24. The van der Waals surface area contributed by atoms with Gasteiger partial charge in [-0.05, 0) is 59.3 Å². The number of carboxylic acids is 1. The third-order valence-electron chi connectivity index (χ3n) is 2.51. The summed E-state index contributed by atoms with van der Waals surface area (Å²) < 4.78 is 1.14. The third-order valence-corrected chi connectivity index (χ3v) is 3.18. The van der Waals surface area contributed by atoms with Gasteiger partial charge in [-0.2, -0.15) is 0 Å². The quantitative estimate of drug-likeness (QED) is 0.829. The second-order valence-electron chi connectivity index (χ2n) is 3.81. The van der Waals surface area contributed by atoms with Crippen LogP contribution in [-0.4, -0.2) is 16.1 Å². The number of hydrogen-bond acceptors (Lipinski definition) is 3. The van der Waals surface area contributed by atoms with Crippen LogP contribution in [0.4, 0.5) is 11.4 Å². The summed E-state index contributed by atoms with van der Waals surface area (Å²) in [5, 5.41) is 12.2. The van der Waals surface area contributed by atoms with Gasteiger partial charge in [-0.25, -0.2) is 4.79 Å². The van der Waals surface area contributed by atoms with Crippen LogP contribution in [0.3, 0.4) is 0 Å². The normalized spacial score (nSPS) is 10.1. The molecule has 2 N–H and O–H groups in total. The molecule has 0 aliphatic rings. The molecule has 1 aromatic heterocycles. The van der Waals surface area contributed by atoms with E-state index in [2.05, 4.69) is 32.9 Å². The van der Waals surface area contributed by atoms with Gasteiger partial charge in [0.25, 0.3) is 0 Å². The molecular weight excluding hydrogens is 343 g/mol. The zero-order valence-corrected chi connectivity index (χ0v) is 11.8. The lowest BCUT2D eigenvalue weighted by atomic mass is 10.1. The number of halogens is 1. The number of aromatic nitrogens is 1. The summed E-state index contributed by atoms with van der Waals surface area (Å²) in [4.78, 5) is 15.0. The maximum atomic E-state index is 11.1. The SMILES string of the molecule is Cc1cc(I)ccc1Nc1cnccc1C(=O)O. The highest BCUT2D eigenvalue weighted by Gasteiger charge is 2.10. The standard InChI is InChI=1S/C13H11IN2O2/c1-8-6-9(14)2-3-11(8)16-12-7-15-5-4-10(12)13(17)18/h2-7,16H,1H3,(H,17,18). The number of carbonyl (C=O) groups is 1. The summed E-state index contributed by atoms with van der Waals surface area (Å²) in [6.45, 7) is 1.97. The van der Waals surface area contributed by atoms with Crippen LogP contribution in [0.5, 0.6) is 0 Å². The fourth-order valence-electron chi connectivity index (χ4n) is 1.59. The van der Waals surface area contributed by atoms with E-state index in [9.17, 15) is 4.79 Å². The topological polar surface area (TPSA) is 62.2 Å². The Hall–Kier alpha value is -1.63. The molecule has 0 spiro atoms. The average Bonchev–Trinajstić information content (AvgIpc) is 2.33. The Morgan fingerprint density at radius 3 is 2.78 bits per heavy atom. The number of aryl methyl sites for hydroxylation is 1. The molecule has 0 fully saturated rings. The average molecular weight is 354 g/mol. The Balaban J connectivity index is 2.37. The molecule has 1 aromatic carbocycles. The van der Waals surface area contributed by atoms with E-state index in [1.165, 1.54) is 18.5 Å². The maximum Gasteiger partial charge on any atom is 0.337 e. The van der Waals surface area contributed by atoms with Gasteiger partial charge in [0.2, 0.25) is 0 Å². The van der Waals surface area contributed by atoms with Crippen molar-refractivity contribution in [1.82, 2.24) is 4.98 Å². The van der Waals surface area contributed by atoms with E-state index in [0.717, 1.165) is 14.8 Å². The zero-order valence-electron chi connectivity index (χ0n) is 9.64. The van der Waals surface area contributed by atoms with Gasteiger partial charge in [-0.3, -0.25) is 4.98 Å². The highest BCUT2D eigenvalue weighted by atomic mass is 127. The molecule has 0 saturated heterocycles. The molecule has 0 aliphatic carbocycles. The van der Waals surface area contributed by atoms with Crippen LogP contribution in [0.2, 0.25) is 0 Å². The van der Waals surface area contributed by atoms with Gasteiger partial charge >= 0.3 is 5.97 Å². The molecule has 0 aliphatic heterocycles. The molecule has 5 heteroatoms. The smallest absolute Gasteiger partial charge is 0.337 e. The minimum absolute atomic E-state index is 0.211. The van der Waals surface area contributed by atoms with Gasteiger partial charge in [0.1, 0.15) is 0 Å². The third kappa shape index (κ3) is 2.79. The fraction of sp³-hybridized carbons (Fsp3) is 0.0769. The number of pyridine rings is 1. The predicted octanol–water partition coefficient (Wildman–Crippen LogP) is 3.44. The predicted molar refractivity (Wildman–Crippen MR) is 78.4 cm³/mol. The van der Waals surface area contributed by atoms with E-state index in [4.69, 9.17) is 5.11 Å². The van der Waals surface area contributed by atoms with Crippen LogP contribution in [0.25, 0.3) is 0 Å². The lowest BCUT2D eigenvalue weighted by Crippen LogP contribution is -2.03. The monoisotopic (exact) mass is 354 g/mol. The number of hydrogen-bond donors (Lipinski definition) is 2. The number of nitrogens with zero attached hydrogens (tertiary/aromatic N) is 1.